The van der Waals surface area contributed by atoms with Gasteiger partial charge in [0.15, 0.2) is 0 Å². The summed E-state index contributed by atoms with van der Waals surface area (Å²) in [5, 5.41) is 0.924. The number of aromatic nitrogens is 1. The average Bonchev–Trinajstić information content (AvgIpc) is 3.01. The van der Waals surface area contributed by atoms with E-state index in [2.05, 4.69) is 9.71 Å². The van der Waals surface area contributed by atoms with Gasteiger partial charge in [0.05, 0.1) is 17.7 Å². The number of thiazole rings is 1. The van der Waals surface area contributed by atoms with E-state index in [1.54, 1.807) is 18.4 Å². The molecule has 2 aromatic carbocycles. The van der Waals surface area contributed by atoms with E-state index in [-0.39, 0.29) is 0 Å². The first-order chi connectivity index (χ1) is 13.7. The highest BCUT2D eigenvalue weighted by Gasteiger charge is 2.20. The van der Waals surface area contributed by atoms with Crippen LogP contribution in [0.25, 0.3) is 10.6 Å². The molecule has 0 unspecified atom stereocenters. The van der Waals surface area contributed by atoms with Crippen LogP contribution in [0.3, 0.4) is 0 Å². The van der Waals surface area contributed by atoms with Gasteiger partial charge < -0.3 is 4.74 Å². The summed E-state index contributed by atoms with van der Waals surface area (Å²) < 4.78 is 33.6. The number of hydrogen-bond donors (Lipinski definition) is 1. The van der Waals surface area contributed by atoms with Crippen LogP contribution in [-0.4, -0.2) is 27.1 Å². The molecule has 0 radical (unpaired) electrons. The third kappa shape index (κ3) is 4.86. The van der Waals surface area contributed by atoms with Crippen LogP contribution in [0, 0.1) is 27.7 Å². The second-order valence-electron chi connectivity index (χ2n) is 7.13. The van der Waals surface area contributed by atoms with Crippen LogP contribution in [0.2, 0.25) is 0 Å². The summed E-state index contributed by atoms with van der Waals surface area (Å²) in [6, 6.07) is 11.6. The second-order valence-corrected chi connectivity index (χ2v) is 9.92. The zero-order valence-electron chi connectivity index (χ0n) is 17.4. The third-order valence-corrected chi connectivity index (χ3v) is 7.78. The molecule has 0 atom stereocenters. The summed E-state index contributed by atoms with van der Waals surface area (Å²) in [6.07, 6.45) is 0.600. The quantitative estimate of drug-likeness (QED) is 0.596. The number of nitrogens with zero attached hydrogens (tertiary/aromatic N) is 1. The van der Waals surface area contributed by atoms with Crippen LogP contribution < -0.4 is 9.46 Å². The molecule has 7 heteroatoms. The molecule has 0 aliphatic heterocycles. The first-order valence-corrected chi connectivity index (χ1v) is 11.7. The van der Waals surface area contributed by atoms with E-state index < -0.39 is 10.0 Å². The van der Waals surface area contributed by atoms with Gasteiger partial charge >= 0.3 is 0 Å². The van der Waals surface area contributed by atoms with Gasteiger partial charge in [0, 0.05) is 17.0 Å². The number of aryl methyl sites for hydroxylation is 4. The summed E-state index contributed by atoms with van der Waals surface area (Å²) in [5.74, 6) is 0.804. The molecule has 29 heavy (non-hydrogen) atoms. The zero-order chi connectivity index (χ0) is 21.2. The number of sulfonamides is 1. The van der Waals surface area contributed by atoms with Crippen LogP contribution in [0.4, 0.5) is 0 Å². The largest absolute Gasteiger partial charge is 0.497 e. The maximum absolute atomic E-state index is 12.8. The molecule has 1 N–H and O–H groups in total. The van der Waals surface area contributed by atoms with Crippen LogP contribution in [0.15, 0.2) is 41.3 Å². The van der Waals surface area contributed by atoms with Crippen molar-refractivity contribution in [2.75, 3.05) is 13.7 Å². The SMILES string of the molecule is COc1ccc(-c2nc(C)c(CCNS(=O)(=O)c3c(C)cc(C)cc3C)s2)cc1. The summed E-state index contributed by atoms with van der Waals surface area (Å²) in [4.78, 5) is 6.11. The number of hydrogen-bond acceptors (Lipinski definition) is 5. The Morgan fingerprint density at radius 1 is 1.03 bits per heavy atom. The smallest absolute Gasteiger partial charge is 0.241 e. The van der Waals surface area contributed by atoms with Gasteiger partial charge in [0.25, 0.3) is 0 Å². The highest BCUT2D eigenvalue weighted by molar-refractivity contribution is 7.89. The van der Waals surface area contributed by atoms with Gasteiger partial charge in [-0.15, -0.1) is 11.3 Å². The van der Waals surface area contributed by atoms with Gasteiger partial charge in [0.1, 0.15) is 10.8 Å². The maximum atomic E-state index is 12.8. The van der Waals surface area contributed by atoms with Crippen molar-refractivity contribution >= 4 is 21.4 Å². The Morgan fingerprint density at radius 3 is 2.24 bits per heavy atom. The van der Waals surface area contributed by atoms with E-state index in [9.17, 15) is 8.42 Å². The Labute approximate surface area is 176 Å². The molecule has 0 saturated carbocycles. The van der Waals surface area contributed by atoms with Gasteiger partial charge in [-0.3, -0.25) is 0 Å². The van der Waals surface area contributed by atoms with Crippen molar-refractivity contribution in [3.8, 4) is 16.3 Å². The van der Waals surface area contributed by atoms with Crippen molar-refractivity contribution in [2.24, 2.45) is 0 Å². The molecule has 1 aromatic heterocycles. The lowest BCUT2D eigenvalue weighted by Gasteiger charge is -2.13. The molecule has 0 saturated heterocycles. The van der Waals surface area contributed by atoms with E-state index in [0.717, 1.165) is 43.6 Å². The summed E-state index contributed by atoms with van der Waals surface area (Å²) in [5.41, 5.74) is 4.56. The highest BCUT2D eigenvalue weighted by atomic mass is 32.2. The number of methoxy groups -OCH3 is 1. The number of benzene rings is 2. The van der Waals surface area contributed by atoms with Crippen molar-refractivity contribution in [3.05, 3.63) is 63.7 Å². The van der Waals surface area contributed by atoms with E-state index in [1.165, 1.54) is 0 Å². The molecule has 0 fully saturated rings. The molecule has 0 bridgehead atoms. The first kappa shape index (κ1) is 21.5. The number of rotatable bonds is 7. The molecule has 3 aromatic rings. The predicted molar refractivity (Wildman–Crippen MR) is 118 cm³/mol. The Morgan fingerprint density at radius 2 is 1.66 bits per heavy atom. The lowest BCUT2D eigenvalue weighted by molar-refractivity contribution is 0.415. The Kier molecular flexibility index (Phi) is 6.41. The minimum absolute atomic E-state index is 0.334. The van der Waals surface area contributed by atoms with Crippen molar-refractivity contribution in [2.45, 2.75) is 39.0 Å². The lowest BCUT2D eigenvalue weighted by Crippen LogP contribution is -2.27. The summed E-state index contributed by atoms with van der Waals surface area (Å²) in [6.45, 7) is 7.94. The maximum Gasteiger partial charge on any atom is 0.241 e. The minimum atomic E-state index is -3.55. The molecular weight excluding hydrogens is 404 g/mol. The van der Waals surface area contributed by atoms with Gasteiger partial charge in [0.2, 0.25) is 10.0 Å². The average molecular weight is 431 g/mol. The van der Waals surface area contributed by atoms with Gasteiger partial charge in [-0.1, -0.05) is 17.7 Å². The fourth-order valence-electron chi connectivity index (χ4n) is 3.48. The van der Waals surface area contributed by atoms with Gasteiger partial charge in [-0.2, -0.15) is 0 Å². The van der Waals surface area contributed by atoms with E-state index >= 15 is 0 Å². The topological polar surface area (TPSA) is 68.3 Å². The number of ether oxygens (including phenoxy) is 1. The molecule has 1 heterocycles. The van der Waals surface area contributed by atoms with Crippen LogP contribution in [0.5, 0.6) is 5.75 Å². The third-order valence-electron chi connectivity index (χ3n) is 4.75. The van der Waals surface area contributed by atoms with Crippen LogP contribution in [-0.2, 0) is 16.4 Å². The Hall–Kier alpha value is -2.22. The monoisotopic (exact) mass is 430 g/mol. The van der Waals surface area contributed by atoms with Crippen LogP contribution in [0.1, 0.15) is 27.3 Å². The molecule has 3 rings (SSSR count). The predicted octanol–water partition coefficient (Wildman–Crippen LogP) is 4.57. The number of nitrogens with one attached hydrogen (secondary N) is 1. The van der Waals surface area contributed by atoms with E-state index in [1.807, 2.05) is 64.1 Å². The molecule has 0 amide bonds. The lowest BCUT2D eigenvalue weighted by atomic mass is 10.1. The molecule has 0 aliphatic rings. The normalized spacial score (nSPS) is 11.6. The van der Waals surface area contributed by atoms with Crippen molar-refractivity contribution in [1.82, 2.24) is 9.71 Å². The van der Waals surface area contributed by atoms with Crippen molar-refractivity contribution in [1.29, 1.82) is 0 Å². The molecular formula is C22H26N2O3S2. The standard InChI is InChI=1S/C22H26N2O3S2/c1-14-12-15(2)21(16(3)13-14)29(25,26)23-11-10-20-17(4)24-22(28-20)18-6-8-19(27-5)9-7-18/h6-9,12-13,23H,10-11H2,1-5H3. The van der Waals surface area contributed by atoms with Gasteiger partial charge in [-0.05, 0) is 69.5 Å². The van der Waals surface area contributed by atoms with E-state index in [0.29, 0.717) is 17.9 Å². The van der Waals surface area contributed by atoms with Crippen molar-refractivity contribution < 1.29 is 13.2 Å². The second kappa shape index (κ2) is 8.65. The molecule has 0 spiro atoms. The fourth-order valence-corrected chi connectivity index (χ4v) is 6.03. The zero-order valence-corrected chi connectivity index (χ0v) is 19.0. The Bertz CT molecular complexity index is 1090. The van der Waals surface area contributed by atoms with Crippen molar-refractivity contribution in [3.63, 3.8) is 0 Å². The van der Waals surface area contributed by atoms with Crippen LogP contribution >= 0.6 is 11.3 Å². The minimum Gasteiger partial charge on any atom is -0.497 e. The summed E-state index contributed by atoms with van der Waals surface area (Å²) >= 11 is 1.59. The van der Waals surface area contributed by atoms with E-state index in [4.69, 9.17) is 4.74 Å². The fraction of sp³-hybridized carbons (Fsp3) is 0.318. The highest BCUT2D eigenvalue weighted by Crippen LogP contribution is 2.29. The Balaban J connectivity index is 1.71. The summed E-state index contributed by atoms with van der Waals surface area (Å²) in [7, 11) is -1.91. The molecule has 0 aliphatic carbocycles. The molecule has 5 nitrogen and oxygen atoms in total. The molecule has 154 valence electrons. The first-order valence-electron chi connectivity index (χ1n) is 9.39. The van der Waals surface area contributed by atoms with Gasteiger partial charge in [-0.25, -0.2) is 18.1 Å².